The summed E-state index contributed by atoms with van der Waals surface area (Å²) in [6.07, 6.45) is -2.76. The first-order valence-electron chi connectivity index (χ1n) is 11.2. The summed E-state index contributed by atoms with van der Waals surface area (Å²) in [6.45, 7) is 3.88. The van der Waals surface area contributed by atoms with Gasteiger partial charge in [-0.25, -0.2) is 18.0 Å². The number of hydrogen-bond donors (Lipinski definition) is 3. The second kappa shape index (κ2) is 8.49. The quantitative estimate of drug-likeness (QED) is 0.609. The lowest BCUT2D eigenvalue weighted by Gasteiger charge is -2.54. The van der Waals surface area contributed by atoms with Crippen LogP contribution in [0.4, 0.5) is 29.5 Å². The Kier molecular flexibility index (Phi) is 5.62. The zero-order valence-corrected chi connectivity index (χ0v) is 18.6. The number of nitrogens with zero attached hydrogens (tertiary/aromatic N) is 5. The number of anilines is 2. The van der Waals surface area contributed by atoms with E-state index in [4.69, 9.17) is 0 Å². The number of phenols is 1. The highest BCUT2D eigenvalue weighted by molar-refractivity contribution is 5.79. The molecular weight excluding hydrogens is 451 g/mol. The van der Waals surface area contributed by atoms with Crippen molar-refractivity contribution in [2.45, 2.75) is 24.9 Å². The van der Waals surface area contributed by atoms with Crippen molar-refractivity contribution in [1.29, 1.82) is 0 Å². The van der Waals surface area contributed by atoms with Gasteiger partial charge in [0.05, 0.1) is 17.9 Å². The number of halogens is 3. The molecule has 0 aliphatic carbocycles. The molecule has 0 bridgehead atoms. The van der Waals surface area contributed by atoms with Crippen LogP contribution in [-0.4, -0.2) is 95.0 Å². The average molecular weight is 477 g/mol. The summed E-state index contributed by atoms with van der Waals surface area (Å²) >= 11 is 0. The number of piperazine rings is 2. The molecule has 12 heteroatoms. The van der Waals surface area contributed by atoms with Gasteiger partial charge in [-0.15, -0.1) is 10.2 Å². The van der Waals surface area contributed by atoms with Crippen LogP contribution < -0.4 is 15.5 Å². The number of aromatic hydroxyl groups is 1. The van der Waals surface area contributed by atoms with E-state index in [1.165, 1.54) is 23.1 Å². The summed E-state index contributed by atoms with van der Waals surface area (Å²) in [6, 6.07) is 5.45. The minimum absolute atomic E-state index is 0.112. The number of hydrogen-bond acceptors (Lipinski definition) is 7. The van der Waals surface area contributed by atoms with Crippen molar-refractivity contribution in [2.24, 2.45) is 0 Å². The van der Waals surface area contributed by atoms with Crippen LogP contribution in [0, 0.1) is 5.82 Å². The Labute approximate surface area is 194 Å². The van der Waals surface area contributed by atoms with Gasteiger partial charge in [0.1, 0.15) is 5.54 Å². The number of aromatic nitrogens is 2. The van der Waals surface area contributed by atoms with Gasteiger partial charge in [0.2, 0.25) is 0 Å². The SMILES string of the molecule is CC1CN(C(=O)N2CCN3c4cc(-c5cccc(F)c5O)nnc4NCC3(C(F)F)C2)CCN1. The molecule has 1 aromatic carbocycles. The molecule has 0 radical (unpaired) electrons. The summed E-state index contributed by atoms with van der Waals surface area (Å²) in [4.78, 5) is 17.9. The molecule has 182 valence electrons. The second-order valence-electron chi connectivity index (χ2n) is 9.01. The van der Waals surface area contributed by atoms with Gasteiger partial charge in [-0.2, -0.15) is 0 Å². The third kappa shape index (κ3) is 3.65. The number of carbonyl (C=O) groups excluding carboxylic acids is 1. The first kappa shape index (κ1) is 22.5. The number of para-hydroxylation sites is 1. The van der Waals surface area contributed by atoms with Crippen molar-refractivity contribution in [2.75, 3.05) is 56.0 Å². The topological polar surface area (TPSA) is 96.9 Å². The average Bonchev–Trinajstić information content (AvgIpc) is 2.84. The molecule has 2 amide bonds. The molecule has 5 rings (SSSR count). The van der Waals surface area contributed by atoms with E-state index in [0.29, 0.717) is 31.1 Å². The van der Waals surface area contributed by atoms with Crippen molar-refractivity contribution >= 4 is 17.5 Å². The Morgan fingerprint density at radius 2 is 2.06 bits per heavy atom. The lowest BCUT2D eigenvalue weighted by Crippen LogP contribution is -2.72. The summed E-state index contributed by atoms with van der Waals surface area (Å²) in [5.74, 6) is -1.07. The Balaban J connectivity index is 1.46. The van der Waals surface area contributed by atoms with Crippen LogP contribution in [0.2, 0.25) is 0 Å². The highest BCUT2D eigenvalue weighted by atomic mass is 19.3. The minimum Gasteiger partial charge on any atom is -0.504 e. The highest BCUT2D eigenvalue weighted by Crippen LogP contribution is 2.42. The Bertz CT molecular complexity index is 1100. The maximum Gasteiger partial charge on any atom is 0.320 e. The predicted octanol–water partition coefficient (Wildman–Crippen LogP) is 1.95. The maximum atomic E-state index is 14.7. The van der Waals surface area contributed by atoms with E-state index in [1.807, 2.05) is 6.92 Å². The van der Waals surface area contributed by atoms with Crippen LogP contribution in [0.25, 0.3) is 11.3 Å². The van der Waals surface area contributed by atoms with Crippen LogP contribution in [0.3, 0.4) is 0 Å². The van der Waals surface area contributed by atoms with E-state index in [0.717, 1.165) is 6.07 Å². The molecule has 3 aliphatic rings. The molecule has 2 atom stereocenters. The molecule has 34 heavy (non-hydrogen) atoms. The number of urea groups is 1. The van der Waals surface area contributed by atoms with Gasteiger partial charge < -0.3 is 30.4 Å². The number of carbonyl (C=O) groups is 1. The van der Waals surface area contributed by atoms with Gasteiger partial charge in [0.15, 0.2) is 17.4 Å². The first-order valence-corrected chi connectivity index (χ1v) is 11.2. The van der Waals surface area contributed by atoms with Gasteiger partial charge in [-0.05, 0) is 25.1 Å². The van der Waals surface area contributed by atoms with Crippen molar-refractivity contribution in [3.8, 4) is 17.0 Å². The third-order valence-electron chi connectivity index (χ3n) is 6.80. The molecule has 4 heterocycles. The lowest BCUT2D eigenvalue weighted by molar-refractivity contribution is 0.0178. The monoisotopic (exact) mass is 477 g/mol. The summed E-state index contributed by atoms with van der Waals surface area (Å²) in [5, 5.41) is 24.5. The summed E-state index contributed by atoms with van der Waals surface area (Å²) in [7, 11) is 0. The van der Waals surface area contributed by atoms with Gasteiger partial charge in [-0.1, -0.05) is 6.07 Å². The number of amides is 2. The largest absolute Gasteiger partial charge is 0.504 e. The summed E-state index contributed by atoms with van der Waals surface area (Å²) < 4.78 is 43.2. The van der Waals surface area contributed by atoms with Gasteiger partial charge in [0.25, 0.3) is 6.43 Å². The fourth-order valence-corrected chi connectivity index (χ4v) is 4.99. The van der Waals surface area contributed by atoms with Crippen molar-refractivity contribution in [3.05, 3.63) is 30.1 Å². The predicted molar refractivity (Wildman–Crippen MR) is 120 cm³/mol. The molecule has 2 saturated heterocycles. The van der Waals surface area contributed by atoms with Crippen LogP contribution >= 0.6 is 0 Å². The van der Waals surface area contributed by atoms with Crippen LogP contribution in [0.5, 0.6) is 5.75 Å². The number of fused-ring (bicyclic) bond motifs is 3. The van der Waals surface area contributed by atoms with Gasteiger partial charge >= 0.3 is 6.03 Å². The number of benzene rings is 1. The Morgan fingerprint density at radius 1 is 1.24 bits per heavy atom. The van der Waals surface area contributed by atoms with E-state index in [9.17, 15) is 23.1 Å². The van der Waals surface area contributed by atoms with Crippen molar-refractivity contribution < 1.29 is 23.1 Å². The molecule has 2 aromatic rings. The number of rotatable bonds is 2. The Hall–Kier alpha value is -3.28. The molecule has 0 spiro atoms. The first-order chi connectivity index (χ1) is 16.3. The normalized spacial score (nSPS) is 24.5. The van der Waals surface area contributed by atoms with E-state index < -0.39 is 23.5 Å². The van der Waals surface area contributed by atoms with E-state index >= 15 is 0 Å². The smallest absolute Gasteiger partial charge is 0.320 e. The molecule has 1 aromatic heterocycles. The molecule has 3 N–H and O–H groups in total. The zero-order chi connectivity index (χ0) is 24.0. The number of nitrogens with one attached hydrogen (secondary N) is 2. The van der Waals surface area contributed by atoms with Crippen LogP contribution in [0.15, 0.2) is 24.3 Å². The van der Waals surface area contributed by atoms with Crippen molar-refractivity contribution in [3.63, 3.8) is 0 Å². The molecule has 2 unspecified atom stereocenters. The zero-order valence-electron chi connectivity index (χ0n) is 18.6. The fourth-order valence-electron chi connectivity index (χ4n) is 4.99. The van der Waals surface area contributed by atoms with Crippen LogP contribution in [-0.2, 0) is 0 Å². The van der Waals surface area contributed by atoms with Crippen LogP contribution in [0.1, 0.15) is 6.92 Å². The third-order valence-corrected chi connectivity index (χ3v) is 6.80. The molecule has 2 fully saturated rings. The van der Waals surface area contributed by atoms with E-state index in [1.54, 1.807) is 9.80 Å². The number of phenolic OH excluding ortho intramolecular Hbond substituents is 1. The molecule has 3 aliphatic heterocycles. The molecule has 9 nitrogen and oxygen atoms in total. The van der Waals surface area contributed by atoms with E-state index in [2.05, 4.69) is 20.8 Å². The van der Waals surface area contributed by atoms with Crippen molar-refractivity contribution in [1.82, 2.24) is 25.3 Å². The maximum absolute atomic E-state index is 14.7. The standard InChI is InChI=1S/C22H26F3N7O2/c1-13-10-30(6-5-26-13)21(34)31-7-8-32-17-9-16(14-3-2-4-15(23)18(14)33)28-29-19(17)27-11-22(32,12-31)20(24)25/h2-4,9,13,20,26,33H,5-8,10-12H2,1H3,(H,27,29). The molecule has 0 saturated carbocycles. The van der Waals surface area contributed by atoms with Gasteiger partial charge in [0, 0.05) is 50.9 Å². The lowest BCUT2D eigenvalue weighted by atomic mass is 9.90. The molecular formula is C22H26F3N7O2. The number of alkyl halides is 2. The fraction of sp³-hybridized carbons (Fsp3) is 0.500. The highest BCUT2D eigenvalue weighted by Gasteiger charge is 2.53. The summed E-state index contributed by atoms with van der Waals surface area (Å²) in [5.41, 5.74) is -1.01. The minimum atomic E-state index is -2.76. The second-order valence-corrected chi connectivity index (χ2v) is 9.01. The Morgan fingerprint density at radius 3 is 2.82 bits per heavy atom. The van der Waals surface area contributed by atoms with Gasteiger partial charge in [-0.3, -0.25) is 0 Å². The van der Waals surface area contributed by atoms with E-state index in [-0.39, 0.29) is 49.5 Å².